The Hall–Kier alpha value is -1.04. The van der Waals surface area contributed by atoms with Crippen LogP contribution in [-0.2, 0) is 4.79 Å². The summed E-state index contributed by atoms with van der Waals surface area (Å²) in [5.41, 5.74) is 0.496. The average molecular weight is 354 g/mol. The quantitative estimate of drug-likeness (QED) is 0.468. The number of β-lactam (4-membered cyclic amide) rings is 1. The van der Waals surface area contributed by atoms with Crippen molar-refractivity contribution < 1.29 is 49.4 Å². The summed E-state index contributed by atoms with van der Waals surface area (Å²) in [7, 11) is 0. The predicted molar refractivity (Wildman–Crippen MR) is 80.9 cm³/mol. The second-order valence-corrected chi connectivity index (χ2v) is 8.04. The topological polar surface area (TPSA) is 104 Å². The standard InChI is InChI=1S/C16H16N2O4S.Na/c1-16(2)10(7-17)18-13(20)11(14(18)23-16)12(19)8-3-5-9(6-4-8)15(21)22;/h3-6,10-12,14,19H,1-2H3,(H,21,22);/q;+1/p-1/t10-,11-,12?,14-;/m0./s1. The van der Waals surface area contributed by atoms with E-state index in [1.165, 1.54) is 40.9 Å². The molecule has 0 aliphatic carbocycles. The zero-order chi connectivity index (χ0) is 16.9. The minimum Gasteiger partial charge on any atom is -0.545 e. The maximum absolute atomic E-state index is 12.4. The second kappa shape index (κ2) is 6.70. The van der Waals surface area contributed by atoms with E-state index in [4.69, 9.17) is 0 Å². The monoisotopic (exact) mass is 354 g/mol. The van der Waals surface area contributed by atoms with Gasteiger partial charge >= 0.3 is 29.6 Å². The average Bonchev–Trinajstić information content (AvgIpc) is 2.74. The molecule has 0 bridgehead atoms. The number of hydrogen-bond acceptors (Lipinski definition) is 6. The van der Waals surface area contributed by atoms with Crippen molar-refractivity contribution in [3.05, 3.63) is 35.4 Å². The molecule has 0 aromatic heterocycles. The number of carboxylic acid groups (broad SMARTS) is 1. The molecule has 2 fully saturated rings. The van der Waals surface area contributed by atoms with Crippen molar-refractivity contribution in [2.75, 3.05) is 0 Å². The summed E-state index contributed by atoms with van der Waals surface area (Å²) in [4.78, 5) is 24.7. The summed E-state index contributed by atoms with van der Waals surface area (Å²) in [6.45, 7) is 3.82. The van der Waals surface area contributed by atoms with Gasteiger partial charge in [0.2, 0.25) is 5.91 Å². The van der Waals surface area contributed by atoms with Crippen LogP contribution in [0.15, 0.2) is 24.3 Å². The van der Waals surface area contributed by atoms with Crippen LogP contribution in [0.1, 0.15) is 35.9 Å². The van der Waals surface area contributed by atoms with Crippen molar-refractivity contribution in [2.45, 2.75) is 36.1 Å². The summed E-state index contributed by atoms with van der Waals surface area (Å²) in [5.74, 6) is -2.15. The van der Waals surface area contributed by atoms with E-state index in [0.717, 1.165) is 0 Å². The summed E-state index contributed by atoms with van der Waals surface area (Å²) in [5, 5.41) is 30.3. The number of carbonyl (C=O) groups excluding carboxylic acids is 2. The molecule has 0 spiro atoms. The van der Waals surface area contributed by atoms with Crippen LogP contribution in [0.3, 0.4) is 0 Å². The van der Waals surface area contributed by atoms with E-state index in [0.29, 0.717) is 5.56 Å². The minimum atomic E-state index is -1.29. The minimum absolute atomic E-state index is 0. The number of fused-ring (bicyclic) bond motifs is 1. The molecule has 2 aliphatic rings. The van der Waals surface area contributed by atoms with Crippen molar-refractivity contribution in [3.8, 4) is 6.07 Å². The predicted octanol–water partition coefficient (Wildman–Crippen LogP) is -2.71. The fourth-order valence-corrected chi connectivity index (χ4v) is 4.83. The van der Waals surface area contributed by atoms with Crippen molar-refractivity contribution in [1.29, 1.82) is 5.26 Å². The van der Waals surface area contributed by atoms with Gasteiger partial charge < -0.3 is 19.9 Å². The Morgan fingerprint density at radius 1 is 1.42 bits per heavy atom. The van der Waals surface area contributed by atoms with Crippen molar-refractivity contribution >= 4 is 23.6 Å². The number of amides is 1. The Kier molecular flexibility index (Phi) is 5.38. The fraction of sp³-hybridized carbons (Fsp3) is 0.438. The van der Waals surface area contributed by atoms with Crippen LogP contribution in [0.5, 0.6) is 0 Å². The van der Waals surface area contributed by atoms with E-state index in [1.807, 2.05) is 13.8 Å². The van der Waals surface area contributed by atoms with Gasteiger partial charge in [-0.3, -0.25) is 4.79 Å². The number of thioether (sulfide) groups is 1. The van der Waals surface area contributed by atoms with E-state index in [-0.39, 0.29) is 51.1 Å². The summed E-state index contributed by atoms with van der Waals surface area (Å²) >= 11 is 1.51. The third-order valence-electron chi connectivity index (χ3n) is 4.43. The Bertz CT molecular complexity index is 716. The molecule has 1 amide bonds. The van der Waals surface area contributed by atoms with Crippen molar-refractivity contribution in [1.82, 2.24) is 4.90 Å². The first kappa shape index (κ1) is 19.3. The number of carboxylic acids is 1. The number of aliphatic hydroxyl groups is 1. The molecular weight excluding hydrogens is 339 g/mol. The zero-order valence-corrected chi connectivity index (χ0v) is 16.4. The molecule has 24 heavy (non-hydrogen) atoms. The Balaban J connectivity index is 0.00000208. The van der Waals surface area contributed by atoms with Crippen molar-refractivity contribution in [3.63, 3.8) is 0 Å². The molecule has 120 valence electrons. The van der Waals surface area contributed by atoms with Gasteiger partial charge in [-0.05, 0) is 25.0 Å². The van der Waals surface area contributed by atoms with E-state index in [9.17, 15) is 25.1 Å². The third kappa shape index (κ3) is 2.87. The molecule has 3 rings (SSSR count). The molecule has 0 radical (unpaired) electrons. The zero-order valence-electron chi connectivity index (χ0n) is 13.6. The third-order valence-corrected chi connectivity index (χ3v) is 6.03. The molecular formula is C16H15N2NaO4S. The molecule has 6 nitrogen and oxygen atoms in total. The Morgan fingerprint density at radius 3 is 2.50 bits per heavy atom. The van der Waals surface area contributed by atoms with Crippen LogP contribution in [0.2, 0.25) is 0 Å². The van der Waals surface area contributed by atoms with Crippen LogP contribution in [0, 0.1) is 17.2 Å². The summed E-state index contributed by atoms with van der Waals surface area (Å²) < 4.78 is -0.387. The molecule has 1 aromatic carbocycles. The van der Waals surface area contributed by atoms with Gasteiger partial charge in [-0.1, -0.05) is 24.3 Å². The Labute approximate surface area is 166 Å². The normalized spacial score (nSPS) is 28.2. The van der Waals surface area contributed by atoms with Gasteiger partial charge in [-0.25, -0.2) is 0 Å². The molecule has 2 aliphatic heterocycles. The first-order chi connectivity index (χ1) is 10.8. The molecule has 2 heterocycles. The maximum atomic E-state index is 12.4. The summed E-state index contributed by atoms with van der Waals surface area (Å²) in [6.07, 6.45) is -1.03. The first-order valence-corrected chi connectivity index (χ1v) is 8.05. The van der Waals surface area contributed by atoms with Gasteiger partial charge in [0.05, 0.1) is 29.4 Å². The smallest absolute Gasteiger partial charge is 0.545 e. The van der Waals surface area contributed by atoms with Gasteiger partial charge in [0, 0.05) is 4.75 Å². The molecule has 0 saturated carbocycles. The molecule has 1 aromatic rings. The summed E-state index contributed by atoms with van der Waals surface area (Å²) in [6, 6.07) is 7.32. The van der Waals surface area contributed by atoms with Crippen molar-refractivity contribution in [2.24, 2.45) is 5.92 Å². The number of nitrogens with zero attached hydrogens (tertiary/aromatic N) is 2. The van der Waals surface area contributed by atoms with Crippen LogP contribution in [0.25, 0.3) is 0 Å². The number of benzene rings is 1. The van der Waals surface area contributed by atoms with Crippen LogP contribution in [-0.4, -0.2) is 38.0 Å². The van der Waals surface area contributed by atoms with Gasteiger partial charge in [-0.15, -0.1) is 11.8 Å². The molecule has 2 saturated heterocycles. The maximum Gasteiger partial charge on any atom is 1.00 e. The van der Waals surface area contributed by atoms with Gasteiger partial charge in [0.1, 0.15) is 6.04 Å². The number of carbonyl (C=O) groups is 2. The molecule has 8 heteroatoms. The number of hydrogen-bond donors (Lipinski definition) is 1. The van der Waals surface area contributed by atoms with Crippen LogP contribution >= 0.6 is 11.8 Å². The molecule has 1 unspecified atom stereocenters. The van der Waals surface area contributed by atoms with E-state index < -0.39 is 24.0 Å². The van der Waals surface area contributed by atoms with E-state index in [1.54, 1.807) is 0 Å². The first-order valence-electron chi connectivity index (χ1n) is 7.17. The van der Waals surface area contributed by atoms with E-state index >= 15 is 0 Å². The van der Waals surface area contributed by atoms with E-state index in [2.05, 4.69) is 6.07 Å². The molecule has 4 atom stereocenters. The second-order valence-electron chi connectivity index (χ2n) is 6.27. The fourth-order valence-electron chi connectivity index (χ4n) is 3.16. The number of rotatable bonds is 3. The molecule has 1 N–H and O–H groups in total. The van der Waals surface area contributed by atoms with Gasteiger partial charge in [0.15, 0.2) is 0 Å². The number of aliphatic hydroxyl groups excluding tert-OH is 1. The van der Waals surface area contributed by atoms with Crippen LogP contribution in [0.4, 0.5) is 0 Å². The number of aromatic carboxylic acids is 1. The number of nitriles is 1. The SMILES string of the molecule is CC1(C)S[C@H]2[C@@H](C(O)c3ccc(C(=O)[O-])cc3)C(=O)N2[C@H]1C#N.[Na+]. The largest absolute Gasteiger partial charge is 1.00 e. The van der Waals surface area contributed by atoms with Gasteiger partial charge in [0.25, 0.3) is 0 Å². The Morgan fingerprint density at radius 2 is 2.00 bits per heavy atom. The van der Waals surface area contributed by atoms with Crippen LogP contribution < -0.4 is 34.7 Å². The van der Waals surface area contributed by atoms with Gasteiger partial charge in [-0.2, -0.15) is 5.26 Å².